The number of aliphatic hydroxyl groups is 2. The minimum Gasteiger partial charge on any atom is -0.857 e. The fourth-order valence-corrected chi connectivity index (χ4v) is 6.59. The van der Waals surface area contributed by atoms with Crippen LogP contribution in [0.3, 0.4) is 0 Å². The van der Waals surface area contributed by atoms with Crippen LogP contribution in [0.4, 0.5) is 5.95 Å². The molecular weight excluding hydrogens is 634 g/mol. The van der Waals surface area contributed by atoms with Gasteiger partial charge in [0.1, 0.15) is 23.4 Å². The maximum atomic E-state index is 13.0. The third kappa shape index (κ3) is 6.36. The van der Waals surface area contributed by atoms with Crippen molar-refractivity contribution in [1.82, 2.24) is 9.55 Å². The predicted octanol–water partition coefficient (Wildman–Crippen LogP) is 1.37. The molecule has 3 atom stereocenters. The molecule has 2 aromatic rings. The van der Waals surface area contributed by atoms with Gasteiger partial charge in [0.05, 0.1) is 43.2 Å². The van der Waals surface area contributed by atoms with E-state index in [9.17, 15) is 20.1 Å². The number of allylic oxidation sites excluding steroid dienone is 3. The minimum absolute atomic E-state index is 0.0822. The van der Waals surface area contributed by atoms with Crippen molar-refractivity contribution < 1.29 is 44.0 Å². The molecule has 4 N–H and O–H groups in total. The molecule has 6 rings (SSSR count). The average molecular weight is 676 g/mol. The van der Waals surface area contributed by atoms with E-state index in [2.05, 4.69) is 26.9 Å². The van der Waals surface area contributed by atoms with Gasteiger partial charge in [-0.1, -0.05) is 38.7 Å². The van der Waals surface area contributed by atoms with Gasteiger partial charge >= 0.3 is 11.9 Å². The number of fused-ring (bicyclic) bond motifs is 3. The standard InChI is InChI=1S/C34H41N7O8/c1-5-7-8-9-11-34(3,45)23-16-20-26(49-23)21(17-42)28-24(27(20)46-4)19(15-22(48-28)31(44)47-6-2)10-13-40-14-12-36-33(40)41-18-37-25-29(41)38-32(35)39-30(25)43/h10,12,14-15,23,42,45H,5-9,11,13,16-18H2,1-4H3,(H2,35,39,43)/t23-,34+/m1/s1. The van der Waals surface area contributed by atoms with Gasteiger partial charge in [0.25, 0.3) is 5.84 Å². The third-order valence-corrected chi connectivity index (χ3v) is 9.08. The lowest BCUT2D eigenvalue weighted by Gasteiger charge is -2.29. The molecule has 15 heteroatoms. The highest BCUT2D eigenvalue weighted by atomic mass is 16.6. The number of ether oxygens (including phenoxy) is 4. The predicted molar refractivity (Wildman–Crippen MR) is 177 cm³/mol. The fraction of sp³-hybridized carbons (Fsp3) is 0.471. The summed E-state index contributed by atoms with van der Waals surface area (Å²) in [6, 6.07) is 0. The Kier molecular flexibility index (Phi) is 9.68. The average Bonchev–Trinajstić information content (AvgIpc) is 3.83. The molecule has 1 aromatic carbocycles. The number of rotatable bonds is 13. The van der Waals surface area contributed by atoms with E-state index in [-0.39, 0.29) is 42.9 Å². The lowest BCUT2D eigenvalue weighted by Crippen LogP contribution is -3.10. The largest absolute Gasteiger partial charge is 0.857 e. The van der Waals surface area contributed by atoms with Crippen molar-refractivity contribution in [3.63, 3.8) is 0 Å². The Morgan fingerprint density at radius 3 is 2.82 bits per heavy atom. The summed E-state index contributed by atoms with van der Waals surface area (Å²) in [5.41, 5.74) is 1.07. The molecule has 0 amide bonds. The number of imidazole rings is 1. The highest BCUT2D eigenvalue weighted by molar-refractivity contribution is 6.66. The number of aromatic nitrogens is 2. The smallest absolute Gasteiger partial charge is 0.374 e. The molecule has 0 saturated carbocycles. The zero-order valence-corrected chi connectivity index (χ0v) is 28.0. The number of carbonyl (C=O) groups excluding carboxylic acids is 1. The third-order valence-electron chi connectivity index (χ3n) is 9.08. The zero-order chi connectivity index (χ0) is 34.9. The minimum atomic E-state index is -1.14. The quantitative estimate of drug-likeness (QED) is 0.179. The Morgan fingerprint density at radius 2 is 2.08 bits per heavy atom. The van der Waals surface area contributed by atoms with E-state index in [1.165, 1.54) is 7.11 Å². The van der Waals surface area contributed by atoms with Gasteiger partial charge in [0.15, 0.2) is 12.4 Å². The van der Waals surface area contributed by atoms with Gasteiger partial charge in [0, 0.05) is 30.6 Å². The molecule has 0 fully saturated rings. The van der Waals surface area contributed by atoms with Gasteiger partial charge in [-0.2, -0.15) is 9.98 Å². The van der Waals surface area contributed by atoms with Crippen molar-refractivity contribution in [2.45, 2.75) is 84.2 Å². The van der Waals surface area contributed by atoms with Gasteiger partial charge in [-0.3, -0.25) is 9.98 Å². The van der Waals surface area contributed by atoms with Gasteiger partial charge in [0.2, 0.25) is 11.7 Å². The number of unbranched alkanes of at least 4 members (excludes halogenated alkanes) is 3. The molecule has 1 unspecified atom stereocenters. The number of hydrogen-bond acceptors (Lipinski definition) is 11. The topological polar surface area (TPSA) is 201 Å². The number of quaternary nitrogens is 1. The number of nitrogens with zero attached hydrogens (tertiary/aromatic N) is 5. The molecule has 0 bridgehead atoms. The maximum absolute atomic E-state index is 13.0. The number of aliphatic imine (C=N–C) groups is 3. The summed E-state index contributed by atoms with van der Waals surface area (Å²) in [6.07, 6.45) is 11.1. The van der Waals surface area contributed by atoms with Crippen LogP contribution in [0.5, 0.6) is 17.2 Å². The van der Waals surface area contributed by atoms with Gasteiger partial charge in [-0.15, -0.1) is 0 Å². The van der Waals surface area contributed by atoms with Crippen molar-refractivity contribution in [3.8, 4) is 17.2 Å². The number of esters is 1. The number of benzene rings is 1. The Balaban J connectivity index is 1.38. The molecule has 4 aliphatic rings. The Bertz CT molecular complexity index is 1820. The molecule has 15 nitrogen and oxygen atoms in total. The van der Waals surface area contributed by atoms with Gasteiger partial charge in [-0.25, -0.2) is 19.7 Å². The molecule has 5 heterocycles. The molecule has 0 aliphatic carbocycles. The van der Waals surface area contributed by atoms with Crippen LogP contribution < -0.4 is 24.2 Å². The SMILES string of the molecule is CCCCCC[C@](C)(O)[C@H]1Cc2c(c(CO)c3c(c2OC)C(=CCn2ccnc2[NH+]2CN=C4C([O-])=NC(=N)N=C42)C=C(C(=O)OCC)O3)O1. The molecule has 260 valence electrons. The molecule has 0 saturated heterocycles. The molecular formula is C34H41N7O8. The fourth-order valence-electron chi connectivity index (χ4n) is 6.59. The normalized spacial score (nSPS) is 21.3. The van der Waals surface area contributed by atoms with Crippen LogP contribution in [0, 0.1) is 5.41 Å². The summed E-state index contributed by atoms with van der Waals surface area (Å²) >= 11 is 0. The number of nitrogens with one attached hydrogen (secondary N) is 2. The van der Waals surface area contributed by atoms with Crippen LogP contribution in [-0.4, -0.2) is 81.2 Å². The highest BCUT2D eigenvalue weighted by Crippen LogP contribution is 2.53. The van der Waals surface area contributed by atoms with Gasteiger partial charge in [-0.05, 0) is 31.9 Å². The van der Waals surface area contributed by atoms with Crippen LogP contribution in [0.25, 0.3) is 5.57 Å². The second kappa shape index (κ2) is 13.9. The molecule has 0 radical (unpaired) electrons. The summed E-state index contributed by atoms with van der Waals surface area (Å²) in [5, 5.41) is 42.4. The highest BCUT2D eigenvalue weighted by Gasteiger charge is 2.44. The van der Waals surface area contributed by atoms with Crippen molar-refractivity contribution in [1.29, 1.82) is 5.41 Å². The summed E-state index contributed by atoms with van der Waals surface area (Å²) in [7, 11) is 1.53. The first kappa shape index (κ1) is 34.0. The molecule has 4 aliphatic heterocycles. The molecule has 1 aromatic heterocycles. The van der Waals surface area contributed by atoms with Crippen LogP contribution in [0.2, 0.25) is 0 Å². The first-order valence-corrected chi connectivity index (χ1v) is 16.5. The van der Waals surface area contributed by atoms with E-state index in [0.717, 1.165) is 25.7 Å². The van der Waals surface area contributed by atoms with Crippen molar-refractivity contribution >= 4 is 40.9 Å². The number of methoxy groups -OCH3 is 1. The van der Waals surface area contributed by atoms with E-state index in [4.69, 9.17) is 24.4 Å². The van der Waals surface area contributed by atoms with Crippen molar-refractivity contribution in [2.24, 2.45) is 15.0 Å². The number of amidine groups is 1. The number of hydrogen-bond donors (Lipinski definition) is 4. The summed E-state index contributed by atoms with van der Waals surface area (Å²) < 4.78 is 25.6. The number of carbonyl (C=O) groups is 1. The summed E-state index contributed by atoms with van der Waals surface area (Å²) in [6.45, 7) is 5.68. The monoisotopic (exact) mass is 675 g/mol. The Labute approximate surface area is 283 Å². The Hall–Kier alpha value is -4.86. The van der Waals surface area contributed by atoms with Crippen molar-refractivity contribution in [3.05, 3.63) is 47.0 Å². The van der Waals surface area contributed by atoms with E-state index in [1.807, 2.05) is 10.6 Å². The summed E-state index contributed by atoms with van der Waals surface area (Å²) in [5.74, 6) is 0.0425. The van der Waals surface area contributed by atoms with Crippen LogP contribution in [0.15, 0.2) is 45.3 Å². The van der Waals surface area contributed by atoms with Crippen LogP contribution >= 0.6 is 0 Å². The van der Waals surface area contributed by atoms with Crippen LogP contribution in [-0.2, 0) is 29.1 Å². The van der Waals surface area contributed by atoms with Gasteiger partial charge < -0.3 is 34.3 Å². The Morgan fingerprint density at radius 1 is 1.27 bits per heavy atom. The van der Waals surface area contributed by atoms with Crippen LogP contribution in [0.1, 0.15) is 69.6 Å². The molecule has 49 heavy (non-hydrogen) atoms. The van der Waals surface area contributed by atoms with E-state index in [1.54, 1.807) is 32.3 Å². The number of guanidine groups is 1. The van der Waals surface area contributed by atoms with E-state index in [0.29, 0.717) is 57.5 Å². The second-order valence-corrected chi connectivity index (χ2v) is 12.4. The number of aliphatic hydroxyl groups excluding tert-OH is 1. The first-order valence-electron chi connectivity index (χ1n) is 16.5. The summed E-state index contributed by atoms with van der Waals surface area (Å²) in [4.78, 5) is 30.1. The van der Waals surface area contributed by atoms with Crippen molar-refractivity contribution in [2.75, 3.05) is 20.4 Å². The lowest BCUT2D eigenvalue weighted by atomic mass is 9.87. The molecule has 0 spiro atoms. The lowest BCUT2D eigenvalue weighted by molar-refractivity contribution is -0.730. The van der Waals surface area contributed by atoms with E-state index >= 15 is 0 Å². The second-order valence-electron chi connectivity index (χ2n) is 12.4. The first-order chi connectivity index (χ1) is 23.6. The zero-order valence-electron chi connectivity index (χ0n) is 28.0. The van der Waals surface area contributed by atoms with E-state index < -0.39 is 36.1 Å². The maximum Gasteiger partial charge on any atom is 0.374 e.